The van der Waals surface area contributed by atoms with E-state index in [9.17, 15) is 13.6 Å². The van der Waals surface area contributed by atoms with Gasteiger partial charge < -0.3 is 14.6 Å². The Morgan fingerprint density at radius 3 is 2.61 bits per heavy atom. The van der Waals surface area contributed by atoms with Crippen molar-refractivity contribution in [2.75, 3.05) is 18.9 Å². The summed E-state index contributed by atoms with van der Waals surface area (Å²) in [6.07, 6.45) is 2.84. The molecule has 0 spiro atoms. The highest BCUT2D eigenvalue weighted by Crippen LogP contribution is 2.34. The topological polar surface area (TPSA) is 109 Å². The summed E-state index contributed by atoms with van der Waals surface area (Å²) < 4.78 is 35.0. The van der Waals surface area contributed by atoms with Crippen molar-refractivity contribution in [3.63, 3.8) is 0 Å². The molecule has 41 heavy (non-hydrogen) atoms. The van der Waals surface area contributed by atoms with Gasteiger partial charge in [-0.25, -0.2) is 18.7 Å². The van der Waals surface area contributed by atoms with Crippen LogP contribution in [0.2, 0.25) is 5.02 Å². The predicted octanol–water partition coefficient (Wildman–Crippen LogP) is 5.62. The van der Waals surface area contributed by atoms with Crippen LogP contribution in [0.5, 0.6) is 0 Å². The molecule has 0 saturated carbocycles. The second-order valence-electron chi connectivity index (χ2n) is 10.1. The molecule has 0 radical (unpaired) electrons. The van der Waals surface area contributed by atoms with Crippen LogP contribution < -0.4 is 10.6 Å². The van der Waals surface area contributed by atoms with Crippen LogP contribution in [-0.4, -0.2) is 57.1 Å². The maximum absolute atomic E-state index is 14.8. The minimum Gasteiger partial charge on any atom is -0.431 e. The highest BCUT2D eigenvalue weighted by atomic mass is 35.5. The molecule has 1 amide bonds. The Morgan fingerprint density at radius 2 is 1.88 bits per heavy atom. The van der Waals surface area contributed by atoms with E-state index in [-0.39, 0.29) is 47.4 Å². The largest absolute Gasteiger partial charge is 0.431 e. The van der Waals surface area contributed by atoms with E-state index < -0.39 is 11.6 Å². The lowest BCUT2D eigenvalue weighted by Gasteiger charge is -2.23. The van der Waals surface area contributed by atoms with Crippen LogP contribution in [0.25, 0.3) is 11.3 Å². The zero-order valence-electron chi connectivity index (χ0n) is 22.9. The number of carbonyl (C=O) groups excluding carboxylic acids is 1. The van der Waals surface area contributed by atoms with Crippen molar-refractivity contribution in [1.29, 1.82) is 0 Å². The molecule has 12 heteroatoms. The van der Waals surface area contributed by atoms with Gasteiger partial charge >= 0.3 is 6.01 Å². The van der Waals surface area contributed by atoms with Crippen LogP contribution in [0.15, 0.2) is 58.3 Å². The van der Waals surface area contributed by atoms with Crippen molar-refractivity contribution < 1.29 is 18.0 Å². The Labute approximate surface area is 240 Å². The second kappa shape index (κ2) is 11.7. The van der Waals surface area contributed by atoms with Gasteiger partial charge in [0, 0.05) is 53.6 Å². The van der Waals surface area contributed by atoms with E-state index in [1.807, 2.05) is 20.8 Å². The van der Waals surface area contributed by atoms with Gasteiger partial charge in [-0.15, -0.1) is 0 Å². The lowest BCUT2D eigenvalue weighted by molar-refractivity contribution is 0.0776. The number of nitrogens with one attached hydrogen (secondary N) is 2. The summed E-state index contributed by atoms with van der Waals surface area (Å²) in [5.41, 5.74) is 2.15. The van der Waals surface area contributed by atoms with Gasteiger partial charge in [0.15, 0.2) is 5.69 Å². The van der Waals surface area contributed by atoms with Crippen LogP contribution in [-0.2, 0) is 6.54 Å². The third-order valence-electron chi connectivity index (χ3n) is 6.42. The molecule has 4 aromatic rings. The van der Waals surface area contributed by atoms with Crippen LogP contribution >= 0.6 is 11.6 Å². The summed E-state index contributed by atoms with van der Waals surface area (Å²) in [6, 6.07) is 9.07. The number of halogens is 3. The van der Waals surface area contributed by atoms with Crippen LogP contribution in [0, 0.1) is 11.6 Å². The first kappa shape index (κ1) is 28.3. The molecule has 2 N–H and O–H groups in total. The summed E-state index contributed by atoms with van der Waals surface area (Å²) in [4.78, 5) is 32.2. The van der Waals surface area contributed by atoms with E-state index in [2.05, 4.69) is 30.6 Å². The van der Waals surface area contributed by atoms with E-state index in [0.717, 1.165) is 0 Å². The minimum atomic E-state index is -0.736. The number of hydrogen-bond acceptors (Lipinski definition) is 8. The van der Waals surface area contributed by atoms with Crippen molar-refractivity contribution in [2.45, 2.75) is 39.4 Å². The van der Waals surface area contributed by atoms with Gasteiger partial charge in [0.05, 0.1) is 23.5 Å². The van der Waals surface area contributed by atoms with Crippen molar-refractivity contribution in [3.8, 4) is 11.3 Å². The van der Waals surface area contributed by atoms with Crippen molar-refractivity contribution in [1.82, 2.24) is 25.2 Å². The second-order valence-corrected chi connectivity index (χ2v) is 10.5. The van der Waals surface area contributed by atoms with Crippen molar-refractivity contribution >= 4 is 35.2 Å². The molecule has 0 bridgehead atoms. The van der Waals surface area contributed by atoms with E-state index >= 15 is 0 Å². The van der Waals surface area contributed by atoms with E-state index in [1.54, 1.807) is 36.3 Å². The number of hydrogen-bond donors (Lipinski definition) is 2. The lowest BCUT2D eigenvalue weighted by atomic mass is 9.95. The molecule has 1 aliphatic heterocycles. The fourth-order valence-electron chi connectivity index (χ4n) is 4.76. The average molecular weight is 580 g/mol. The number of amides is 1. The average Bonchev–Trinajstić information content (AvgIpc) is 3.32. The molecule has 1 atom stereocenters. The zero-order valence-corrected chi connectivity index (χ0v) is 23.6. The molecule has 2 aromatic heterocycles. The number of anilines is 2. The fourth-order valence-corrected chi connectivity index (χ4v) is 4.93. The number of fused-ring (bicyclic) bond motifs is 3. The Balaban J connectivity index is 1.42. The molecule has 3 heterocycles. The van der Waals surface area contributed by atoms with E-state index in [1.165, 1.54) is 24.5 Å². The summed E-state index contributed by atoms with van der Waals surface area (Å²) in [6.45, 7) is 6.66. The molecule has 0 saturated heterocycles. The number of carbonyl (C=O) groups is 1. The number of aromatic nitrogens is 3. The summed E-state index contributed by atoms with van der Waals surface area (Å²) in [5.74, 6) is -1.62. The van der Waals surface area contributed by atoms with Gasteiger partial charge in [-0.3, -0.25) is 15.1 Å². The molecule has 9 nitrogen and oxygen atoms in total. The fraction of sp³-hybridized carbons (Fsp3) is 0.276. The quantitative estimate of drug-likeness (QED) is 0.279. The highest BCUT2D eigenvalue weighted by Gasteiger charge is 2.26. The molecule has 5 rings (SSSR count). The number of nitrogens with zero attached hydrogens (tertiary/aromatic N) is 5. The molecule has 1 unspecified atom stereocenters. The van der Waals surface area contributed by atoms with Crippen LogP contribution in [0.4, 0.5) is 20.7 Å². The zero-order chi connectivity index (χ0) is 29.3. The van der Waals surface area contributed by atoms with E-state index in [0.29, 0.717) is 40.0 Å². The minimum absolute atomic E-state index is 0.0328. The molecule has 2 aromatic carbocycles. The smallest absolute Gasteiger partial charge is 0.302 e. The number of benzene rings is 2. The number of likely N-dealkylation sites (N-methyl/N-ethyl adjacent to an activating group) is 1. The molecular weight excluding hydrogens is 552 g/mol. The summed E-state index contributed by atoms with van der Waals surface area (Å²) in [7, 11) is 1.70. The number of rotatable bonds is 8. The normalized spacial score (nSPS) is 13.2. The third-order valence-corrected chi connectivity index (χ3v) is 6.65. The predicted molar refractivity (Wildman–Crippen MR) is 153 cm³/mol. The maximum Gasteiger partial charge on any atom is 0.302 e. The van der Waals surface area contributed by atoms with Crippen LogP contribution in [0.3, 0.4) is 0 Å². The first-order valence-electron chi connectivity index (χ1n) is 13.0. The van der Waals surface area contributed by atoms with Gasteiger partial charge in [-0.1, -0.05) is 37.6 Å². The van der Waals surface area contributed by atoms with Crippen molar-refractivity contribution in [2.24, 2.45) is 4.99 Å². The standard InChI is InChI=1S/C29H28ClF2N7O2/c1-15(2)35-16(3)13-39(4)27(40)23-14-41-29(36-23)38-28-34-12-17-11-33-26(24-21(31)6-5-7-22(24)32)20-10-18(30)8-9-19(20)25(17)37-28/h5-10,12,14-16,35H,11,13H2,1-4H3,(H,34,36,37,38). The highest BCUT2D eigenvalue weighted by molar-refractivity contribution is 6.31. The third kappa shape index (κ3) is 6.10. The van der Waals surface area contributed by atoms with Gasteiger partial charge in [0.2, 0.25) is 5.95 Å². The molecular formula is C29H28ClF2N7O2. The molecule has 1 aliphatic rings. The molecule has 212 valence electrons. The monoisotopic (exact) mass is 579 g/mol. The summed E-state index contributed by atoms with van der Waals surface area (Å²) >= 11 is 6.29. The maximum atomic E-state index is 14.8. The van der Waals surface area contributed by atoms with Gasteiger partial charge in [0.1, 0.15) is 17.9 Å². The van der Waals surface area contributed by atoms with Gasteiger partial charge in [-0.05, 0) is 31.2 Å². The lowest BCUT2D eigenvalue weighted by Crippen LogP contribution is -2.42. The number of oxazole rings is 1. The first-order valence-corrected chi connectivity index (χ1v) is 13.4. The molecule has 0 fully saturated rings. The van der Waals surface area contributed by atoms with Gasteiger partial charge in [-0.2, -0.15) is 4.98 Å². The Hall–Kier alpha value is -4.22. The SMILES string of the molecule is CC(C)NC(C)CN(C)C(=O)c1coc(Nc2ncc3c(n2)-c2ccc(Cl)cc2C(c2c(F)cccc2F)=NC3)n1. The summed E-state index contributed by atoms with van der Waals surface area (Å²) in [5, 5.41) is 6.62. The number of aliphatic imine (C=N–C) groups is 1. The van der Waals surface area contributed by atoms with Crippen molar-refractivity contribution in [3.05, 3.63) is 87.9 Å². The molecule has 0 aliphatic carbocycles. The van der Waals surface area contributed by atoms with Crippen LogP contribution in [0.1, 0.15) is 48.0 Å². The van der Waals surface area contributed by atoms with E-state index in [4.69, 9.17) is 16.0 Å². The Morgan fingerprint density at radius 1 is 1.12 bits per heavy atom. The first-order chi connectivity index (χ1) is 19.6. The Bertz CT molecular complexity index is 1620. The van der Waals surface area contributed by atoms with Gasteiger partial charge in [0.25, 0.3) is 5.91 Å². The Kier molecular flexibility index (Phi) is 8.09.